The van der Waals surface area contributed by atoms with Gasteiger partial charge in [0.2, 0.25) is 5.91 Å². The van der Waals surface area contributed by atoms with Crippen LogP contribution in [0.5, 0.6) is 0 Å². The van der Waals surface area contributed by atoms with E-state index >= 15 is 0 Å². The molecule has 7 nitrogen and oxygen atoms in total. The molecule has 0 saturated carbocycles. The van der Waals surface area contributed by atoms with Crippen LogP contribution in [0.3, 0.4) is 0 Å². The highest BCUT2D eigenvalue weighted by molar-refractivity contribution is 5.93. The van der Waals surface area contributed by atoms with Gasteiger partial charge >= 0.3 is 5.97 Å². The number of fused-ring (bicyclic) bond motifs is 1. The van der Waals surface area contributed by atoms with Gasteiger partial charge in [0.1, 0.15) is 17.9 Å². The predicted octanol–water partition coefficient (Wildman–Crippen LogP) is 2.00. The van der Waals surface area contributed by atoms with E-state index in [4.69, 9.17) is 0 Å². The van der Waals surface area contributed by atoms with Crippen molar-refractivity contribution < 1.29 is 18.7 Å². The summed E-state index contributed by atoms with van der Waals surface area (Å²) in [5, 5.41) is 10.3. The molecule has 0 fully saturated rings. The Labute approximate surface area is 136 Å². The number of para-hydroxylation sites is 1. The zero-order valence-electron chi connectivity index (χ0n) is 12.7. The molecule has 24 heavy (non-hydrogen) atoms. The lowest BCUT2D eigenvalue weighted by Crippen LogP contribution is -2.20. The largest absolute Gasteiger partial charge is 0.465 e. The number of rotatable bonds is 4. The Hall–Kier alpha value is -3.29. The number of carbonyl (C=O) groups is 2. The second kappa shape index (κ2) is 6.45. The topological polar surface area (TPSA) is 86.1 Å². The summed E-state index contributed by atoms with van der Waals surface area (Å²) in [6.07, 6.45) is 0. The minimum atomic E-state index is -0.727. The molecule has 3 rings (SSSR count). The van der Waals surface area contributed by atoms with Gasteiger partial charge in [0.15, 0.2) is 0 Å². The second-order valence-corrected chi connectivity index (χ2v) is 4.97. The van der Waals surface area contributed by atoms with Gasteiger partial charge in [-0.25, -0.2) is 13.9 Å². The molecule has 0 radical (unpaired) electrons. The number of carbonyl (C=O) groups excluding carboxylic acids is 2. The van der Waals surface area contributed by atoms with Gasteiger partial charge in [-0.05, 0) is 30.3 Å². The summed E-state index contributed by atoms with van der Waals surface area (Å²) in [6.45, 7) is -0.112. The van der Waals surface area contributed by atoms with Crippen LogP contribution in [0.15, 0.2) is 42.5 Å². The Balaban J connectivity index is 1.74. The van der Waals surface area contributed by atoms with Crippen molar-refractivity contribution in [1.29, 1.82) is 0 Å². The van der Waals surface area contributed by atoms with Gasteiger partial charge in [-0.1, -0.05) is 17.3 Å². The summed E-state index contributed by atoms with van der Waals surface area (Å²) in [6, 6.07) is 10.9. The molecule has 3 aromatic rings. The van der Waals surface area contributed by atoms with Gasteiger partial charge in [0.25, 0.3) is 0 Å². The van der Waals surface area contributed by atoms with E-state index in [0.717, 1.165) is 6.07 Å². The Morgan fingerprint density at radius 3 is 2.79 bits per heavy atom. The van der Waals surface area contributed by atoms with Crippen molar-refractivity contribution in [2.75, 3.05) is 12.4 Å². The molecule has 0 aliphatic heterocycles. The third-order valence-electron chi connectivity index (χ3n) is 3.38. The molecular weight excluding hydrogens is 315 g/mol. The molecular formula is C16H13FN4O3. The molecule has 1 aromatic heterocycles. The van der Waals surface area contributed by atoms with E-state index in [-0.39, 0.29) is 17.8 Å². The first-order valence-corrected chi connectivity index (χ1v) is 7.04. The number of nitrogens with zero attached hydrogens (tertiary/aromatic N) is 3. The fourth-order valence-electron chi connectivity index (χ4n) is 2.22. The average molecular weight is 328 g/mol. The van der Waals surface area contributed by atoms with E-state index in [1.54, 1.807) is 12.1 Å². The van der Waals surface area contributed by atoms with Crippen LogP contribution < -0.4 is 5.32 Å². The van der Waals surface area contributed by atoms with Crippen LogP contribution in [0.2, 0.25) is 0 Å². The average Bonchev–Trinajstić information content (AvgIpc) is 2.99. The van der Waals surface area contributed by atoms with Gasteiger partial charge in [-0.2, -0.15) is 0 Å². The third kappa shape index (κ3) is 3.07. The summed E-state index contributed by atoms with van der Waals surface area (Å²) in [5.74, 6) is -1.84. The van der Waals surface area contributed by atoms with Crippen molar-refractivity contribution >= 4 is 28.6 Å². The second-order valence-electron chi connectivity index (χ2n) is 4.97. The van der Waals surface area contributed by atoms with Gasteiger partial charge in [-0.3, -0.25) is 4.79 Å². The van der Waals surface area contributed by atoms with Crippen molar-refractivity contribution in [2.24, 2.45) is 0 Å². The summed E-state index contributed by atoms with van der Waals surface area (Å²) >= 11 is 0. The first kappa shape index (κ1) is 15.6. The lowest BCUT2D eigenvalue weighted by Gasteiger charge is -2.08. The number of benzene rings is 2. The van der Waals surface area contributed by atoms with Crippen LogP contribution in [-0.2, 0) is 16.1 Å². The molecule has 2 aromatic carbocycles. The maximum absolute atomic E-state index is 14.0. The van der Waals surface area contributed by atoms with E-state index in [9.17, 15) is 14.0 Å². The molecule has 0 atom stereocenters. The number of halogens is 1. The Morgan fingerprint density at radius 2 is 2.04 bits per heavy atom. The zero-order valence-corrected chi connectivity index (χ0v) is 12.7. The molecule has 1 amide bonds. The van der Waals surface area contributed by atoms with Crippen LogP contribution in [0.4, 0.5) is 10.1 Å². The molecule has 122 valence electrons. The number of hydrogen-bond acceptors (Lipinski definition) is 5. The Bertz CT molecular complexity index is 923. The van der Waals surface area contributed by atoms with Crippen LogP contribution in [0, 0.1) is 5.82 Å². The SMILES string of the molecule is COC(=O)c1ccc(NC(=O)Cn2nnc3ccccc32)c(F)c1. The number of hydrogen-bond donors (Lipinski definition) is 1. The van der Waals surface area contributed by atoms with Crippen molar-refractivity contribution in [2.45, 2.75) is 6.54 Å². The van der Waals surface area contributed by atoms with Crippen molar-refractivity contribution in [3.8, 4) is 0 Å². The normalized spacial score (nSPS) is 10.6. The zero-order chi connectivity index (χ0) is 17.1. The summed E-state index contributed by atoms with van der Waals surface area (Å²) < 4.78 is 19.9. The number of methoxy groups -OCH3 is 1. The molecule has 0 aliphatic carbocycles. The number of amides is 1. The Kier molecular flexibility index (Phi) is 4.19. The van der Waals surface area contributed by atoms with Crippen LogP contribution in [-0.4, -0.2) is 34.0 Å². The third-order valence-corrected chi connectivity index (χ3v) is 3.38. The molecule has 8 heteroatoms. The van der Waals surface area contributed by atoms with Gasteiger partial charge in [0.05, 0.1) is 23.9 Å². The van der Waals surface area contributed by atoms with E-state index in [1.807, 2.05) is 12.1 Å². The number of nitrogens with one attached hydrogen (secondary N) is 1. The van der Waals surface area contributed by atoms with E-state index in [1.165, 1.54) is 23.9 Å². The van der Waals surface area contributed by atoms with Gasteiger partial charge in [-0.15, -0.1) is 5.10 Å². The molecule has 1 N–H and O–H groups in total. The molecule has 0 saturated heterocycles. The van der Waals surface area contributed by atoms with Gasteiger partial charge in [0, 0.05) is 0 Å². The highest BCUT2D eigenvalue weighted by atomic mass is 19.1. The molecule has 0 unspecified atom stereocenters. The highest BCUT2D eigenvalue weighted by Crippen LogP contribution is 2.17. The van der Waals surface area contributed by atoms with Crippen LogP contribution in [0.1, 0.15) is 10.4 Å². The van der Waals surface area contributed by atoms with Crippen LogP contribution >= 0.6 is 0 Å². The number of aromatic nitrogens is 3. The maximum atomic E-state index is 14.0. The number of esters is 1. The number of anilines is 1. The number of ether oxygens (including phenoxy) is 1. The van der Waals surface area contributed by atoms with E-state index in [2.05, 4.69) is 20.4 Å². The molecule has 0 aliphatic rings. The first-order valence-electron chi connectivity index (χ1n) is 7.04. The molecule has 1 heterocycles. The van der Waals surface area contributed by atoms with E-state index < -0.39 is 17.7 Å². The smallest absolute Gasteiger partial charge is 0.337 e. The van der Waals surface area contributed by atoms with Crippen molar-refractivity contribution in [3.05, 3.63) is 53.8 Å². The predicted molar refractivity (Wildman–Crippen MR) is 83.9 cm³/mol. The lowest BCUT2D eigenvalue weighted by molar-refractivity contribution is -0.116. The molecule has 0 bridgehead atoms. The minimum absolute atomic E-state index is 0.0305. The van der Waals surface area contributed by atoms with Crippen molar-refractivity contribution in [3.63, 3.8) is 0 Å². The Morgan fingerprint density at radius 1 is 1.25 bits per heavy atom. The lowest BCUT2D eigenvalue weighted by atomic mass is 10.2. The fraction of sp³-hybridized carbons (Fsp3) is 0.125. The fourth-order valence-corrected chi connectivity index (χ4v) is 2.22. The summed E-state index contributed by atoms with van der Waals surface area (Å²) in [5.41, 5.74) is 1.40. The maximum Gasteiger partial charge on any atom is 0.337 e. The highest BCUT2D eigenvalue weighted by Gasteiger charge is 2.13. The summed E-state index contributed by atoms with van der Waals surface area (Å²) in [4.78, 5) is 23.4. The summed E-state index contributed by atoms with van der Waals surface area (Å²) in [7, 11) is 1.21. The van der Waals surface area contributed by atoms with Crippen molar-refractivity contribution in [1.82, 2.24) is 15.0 Å². The molecule has 0 spiro atoms. The van der Waals surface area contributed by atoms with Crippen LogP contribution in [0.25, 0.3) is 11.0 Å². The van der Waals surface area contributed by atoms with E-state index in [0.29, 0.717) is 11.0 Å². The monoisotopic (exact) mass is 328 g/mol. The van der Waals surface area contributed by atoms with Gasteiger partial charge < -0.3 is 10.1 Å². The standard InChI is InChI=1S/C16H13FN4O3/c1-24-16(23)10-6-7-12(11(17)8-10)18-15(22)9-21-14-5-3-2-4-13(14)19-20-21/h2-8H,9H2,1H3,(H,18,22). The quantitative estimate of drug-likeness (QED) is 0.740. The first-order chi connectivity index (χ1) is 11.6. The minimum Gasteiger partial charge on any atom is -0.465 e.